The van der Waals surface area contributed by atoms with Gasteiger partial charge in [0.25, 0.3) is 0 Å². The van der Waals surface area contributed by atoms with Gasteiger partial charge < -0.3 is 5.32 Å². The topological polar surface area (TPSA) is 29.3 Å². The maximum absolute atomic E-state index is 4.93. The molecule has 2 aromatic rings. The first-order valence-electron chi connectivity index (χ1n) is 8.73. The molecular formula is C20H33N3. The zero-order valence-corrected chi connectivity index (χ0v) is 16.1. The Kier molecular flexibility index (Phi) is 4.79. The molecule has 1 N–H and O–H groups in total. The van der Waals surface area contributed by atoms with Crippen LogP contribution in [0.1, 0.15) is 66.1 Å². The van der Waals surface area contributed by atoms with E-state index in [0.29, 0.717) is 5.92 Å². The highest BCUT2D eigenvalue weighted by Crippen LogP contribution is 2.32. The number of aryl methyl sites for hydroxylation is 1. The first-order chi connectivity index (χ1) is 10.5. The molecule has 0 saturated heterocycles. The van der Waals surface area contributed by atoms with Crippen molar-refractivity contribution in [3.63, 3.8) is 0 Å². The molecule has 0 bridgehead atoms. The summed E-state index contributed by atoms with van der Waals surface area (Å²) in [5, 5.41) is 3.80. The van der Waals surface area contributed by atoms with Crippen LogP contribution < -0.4 is 5.32 Å². The van der Waals surface area contributed by atoms with Gasteiger partial charge in [-0.1, -0.05) is 40.7 Å². The summed E-state index contributed by atoms with van der Waals surface area (Å²) in [6.45, 7) is 18.1. The summed E-state index contributed by atoms with van der Waals surface area (Å²) in [4.78, 5) is 4.93. The maximum atomic E-state index is 4.93. The Hall–Kier alpha value is -1.51. The predicted molar refractivity (Wildman–Crippen MR) is 100 cm³/mol. The third-order valence-electron chi connectivity index (χ3n) is 3.95. The molecule has 0 amide bonds. The van der Waals surface area contributed by atoms with Crippen molar-refractivity contribution < 1.29 is 0 Å². The summed E-state index contributed by atoms with van der Waals surface area (Å²) in [5.41, 5.74) is 3.77. The van der Waals surface area contributed by atoms with Gasteiger partial charge in [-0.05, 0) is 56.6 Å². The summed E-state index contributed by atoms with van der Waals surface area (Å²) in [7, 11) is 0. The standard InChI is InChI=1S/C20H33N3/c1-14(2)12-16-18(22-20(7,8)13-19(4,5)6)23-11-9-10-15(3)17(23)21-16/h9-11,14,22H,12-13H2,1-8H3. The van der Waals surface area contributed by atoms with Gasteiger partial charge >= 0.3 is 0 Å². The van der Waals surface area contributed by atoms with E-state index in [4.69, 9.17) is 4.98 Å². The number of rotatable bonds is 5. The van der Waals surface area contributed by atoms with Crippen molar-refractivity contribution in [2.45, 2.75) is 73.8 Å². The van der Waals surface area contributed by atoms with Crippen molar-refractivity contribution in [2.75, 3.05) is 5.32 Å². The maximum Gasteiger partial charge on any atom is 0.141 e. The number of nitrogens with one attached hydrogen (secondary N) is 1. The molecule has 0 radical (unpaired) electrons. The molecule has 0 saturated carbocycles. The number of imidazole rings is 1. The second-order valence-electron chi connectivity index (χ2n) is 9.14. The minimum absolute atomic E-state index is 0.0175. The fourth-order valence-electron chi connectivity index (χ4n) is 3.60. The summed E-state index contributed by atoms with van der Waals surface area (Å²) in [6.07, 6.45) is 4.21. The molecule has 0 aliphatic rings. The van der Waals surface area contributed by atoms with E-state index in [1.165, 1.54) is 11.3 Å². The van der Waals surface area contributed by atoms with Crippen LogP contribution in [0, 0.1) is 18.3 Å². The predicted octanol–water partition coefficient (Wildman–Crippen LogP) is 5.47. The summed E-state index contributed by atoms with van der Waals surface area (Å²) < 4.78 is 2.22. The summed E-state index contributed by atoms with van der Waals surface area (Å²) in [6, 6.07) is 4.23. The zero-order valence-electron chi connectivity index (χ0n) is 16.1. The van der Waals surface area contributed by atoms with Gasteiger partial charge in [0.15, 0.2) is 0 Å². The van der Waals surface area contributed by atoms with Crippen molar-refractivity contribution in [2.24, 2.45) is 11.3 Å². The number of nitrogens with zero attached hydrogens (tertiary/aromatic N) is 2. The molecule has 0 atom stereocenters. The Morgan fingerprint density at radius 3 is 2.39 bits per heavy atom. The number of aromatic nitrogens is 2. The number of anilines is 1. The molecule has 3 nitrogen and oxygen atoms in total. The van der Waals surface area contributed by atoms with Gasteiger partial charge in [-0.15, -0.1) is 0 Å². The van der Waals surface area contributed by atoms with Crippen LogP contribution in [0.4, 0.5) is 5.82 Å². The largest absolute Gasteiger partial charge is 0.365 e. The molecule has 0 aliphatic carbocycles. The smallest absolute Gasteiger partial charge is 0.141 e. The van der Waals surface area contributed by atoms with Crippen molar-refractivity contribution in [3.05, 3.63) is 29.6 Å². The number of pyridine rings is 1. The van der Waals surface area contributed by atoms with E-state index in [1.807, 2.05) is 0 Å². The van der Waals surface area contributed by atoms with Crippen LogP contribution in [0.3, 0.4) is 0 Å². The van der Waals surface area contributed by atoms with E-state index < -0.39 is 0 Å². The van der Waals surface area contributed by atoms with Crippen LogP contribution in [0.15, 0.2) is 18.3 Å². The van der Waals surface area contributed by atoms with E-state index in [1.54, 1.807) is 0 Å². The van der Waals surface area contributed by atoms with Gasteiger partial charge in [0.2, 0.25) is 0 Å². The van der Waals surface area contributed by atoms with Crippen LogP contribution in [0.5, 0.6) is 0 Å². The molecule has 2 rings (SSSR count). The second-order valence-corrected chi connectivity index (χ2v) is 9.14. The summed E-state index contributed by atoms with van der Waals surface area (Å²) in [5.74, 6) is 1.75. The molecule has 0 aromatic carbocycles. The van der Waals surface area contributed by atoms with Crippen molar-refractivity contribution in [1.29, 1.82) is 0 Å². The molecule has 128 valence electrons. The van der Waals surface area contributed by atoms with Crippen LogP contribution in [0.25, 0.3) is 5.65 Å². The van der Waals surface area contributed by atoms with Crippen molar-refractivity contribution in [3.8, 4) is 0 Å². The van der Waals surface area contributed by atoms with E-state index in [9.17, 15) is 0 Å². The Morgan fingerprint density at radius 1 is 1.17 bits per heavy atom. The van der Waals surface area contributed by atoms with E-state index in [0.717, 1.165) is 24.3 Å². The van der Waals surface area contributed by atoms with Gasteiger partial charge in [-0.2, -0.15) is 0 Å². The van der Waals surface area contributed by atoms with Crippen LogP contribution >= 0.6 is 0 Å². The lowest BCUT2D eigenvalue weighted by Crippen LogP contribution is -2.36. The molecule has 3 heteroatoms. The van der Waals surface area contributed by atoms with Crippen LogP contribution in [-0.4, -0.2) is 14.9 Å². The lowest BCUT2D eigenvalue weighted by molar-refractivity contribution is 0.301. The molecule has 0 spiro atoms. The molecule has 0 aliphatic heterocycles. The van der Waals surface area contributed by atoms with Gasteiger partial charge in [-0.3, -0.25) is 4.40 Å². The molecule has 2 heterocycles. The third-order valence-corrected chi connectivity index (χ3v) is 3.95. The molecule has 0 unspecified atom stereocenters. The SMILES string of the molecule is Cc1cccn2c(NC(C)(C)CC(C)(C)C)c(CC(C)C)nc12. The van der Waals surface area contributed by atoms with Gasteiger partial charge in [0, 0.05) is 11.7 Å². The normalized spacial score (nSPS) is 13.1. The van der Waals surface area contributed by atoms with Crippen molar-refractivity contribution in [1.82, 2.24) is 9.38 Å². The Balaban J connectivity index is 2.47. The average Bonchev–Trinajstić information content (AvgIpc) is 2.65. The Bertz CT molecular complexity index is 672. The van der Waals surface area contributed by atoms with Crippen LogP contribution in [-0.2, 0) is 6.42 Å². The van der Waals surface area contributed by atoms with E-state index in [2.05, 4.69) is 83.4 Å². The molecule has 23 heavy (non-hydrogen) atoms. The zero-order chi connectivity index (χ0) is 17.4. The lowest BCUT2D eigenvalue weighted by atomic mass is 9.82. The number of fused-ring (bicyclic) bond motifs is 1. The summed E-state index contributed by atoms with van der Waals surface area (Å²) >= 11 is 0. The first kappa shape index (κ1) is 17.8. The van der Waals surface area contributed by atoms with Crippen LogP contribution in [0.2, 0.25) is 0 Å². The van der Waals surface area contributed by atoms with E-state index in [-0.39, 0.29) is 11.0 Å². The van der Waals surface area contributed by atoms with Gasteiger partial charge in [-0.25, -0.2) is 4.98 Å². The third kappa shape index (κ3) is 4.49. The lowest BCUT2D eigenvalue weighted by Gasteiger charge is -2.34. The highest BCUT2D eigenvalue weighted by atomic mass is 15.2. The Labute approximate surface area is 141 Å². The fourth-order valence-corrected chi connectivity index (χ4v) is 3.60. The molecule has 0 fully saturated rings. The highest BCUT2D eigenvalue weighted by molar-refractivity contribution is 5.59. The quantitative estimate of drug-likeness (QED) is 0.793. The van der Waals surface area contributed by atoms with Gasteiger partial charge in [0.1, 0.15) is 11.5 Å². The first-order valence-corrected chi connectivity index (χ1v) is 8.73. The minimum Gasteiger partial charge on any atom is -0.365 e. The number of hydrogen-bond acceptors (Lipinski definition) is 2. The van der Waals surface area contributed by atoms with E-state index >= 15 is 0 Å². The number of hydrogen-bond donors (Lipinski definition) is 1. The van der Waals surface area contributed by atoms with Crippen molar-refractivity contribution >= 4 is 11.5 Å². The fraction of sp³-hybridized carbons (Fsp3) is 0.650. The minimum atomic E-state index is 0.0175. The van der Waals surface area contributed by atoms with Gasteiger partial charge in [0.05, 0.1) is 5.69 Å². The molecular weight excluding hydrogens is 282 g/mol. The average molecular weight is 316 g/mol. The molecule has 2 aromatic heterocycles. The monoisotopic (exact) mass is 315 g/mol. The second kappa shape index (κ2) is 6.18. The Morgan fingerprint density at radius 2 is 1.83 bits per heavy atom. The highest BCUT2D eigenvalue weighted by Gasteiger charge is 2.27.